The lowest BCUT2D eigenvalue weighted by Crippen LogP contribution is -2.61. The van der Waals surface area contributed by atoms with Crippen molar-refractivity contribution in [2.45, 2.75) is 84.3 Å². The van der Waals surface area contributed by atoms with E-state index in [4.69, 9.17) is 0 Å². The monoisotopic (exact) mass is 240 g/mol. The average Bonchev–Trinajstić information content (AvgIpc) is 2.06. The van der Waals surface area contributed by atoms with Crippen LogP contribution in [0.25, 0.3) is 0 Å². The zero-order valence-corrected chi connectivity index (χ0v) is 12.7. The van der Waals surface area contributed by atoms with Gasteiger partial charge < -0.3 is 10.6 Å². The largest absolute Gasteiger partial charge is 0.314 e. The van der Waals surface area contributed by atoms with Crippen LogP contribution in [0, 0.1) is 5.92 Å². The molecular formula is C15H32N2. The van der Waals surface area contributed by atoms with Crippen molar-refractivity contribution >= 4 is 0 Å². The lowest BCUT2D eigenvalue weighted by molar-refractivity contribution is 0.146. The summed E-state index contributed by atoms with van der Waals surface area (Å²) in [5.74, 6) is 0.831. The number of nitrogens with one attached hydrogen (secondary N) is 2. The first-order valence-electron chi connectivity index (χ1n) is 7.23. The average molecular weight is 240 g/mol. The topological polar surface area (TPSA) is 24.1 Å². The fourth-order valence-electron chi connectivity index (χ4n) is 3.28. The molecule has 1 heterocycles. The molecule has 0 aromatic carbocycles. The highest BCUT2D eigenvalue weighted by Gasteiger charge is 2.37. The van der Waals surface area contributed by atoms with Crippen LogP contribution in [-0.4, -0.2) is 23.7 Å². The molecule has 1 rings (SSSR count). The van der Waals surface area contributed by atoms with Gasteiger partial charge in [-0.2, -0.15) is 0 Å². The van der Waals surface area contributed by atoms with Crippen LogP contribution in [0.5, 0.6) is 0 Å². The van der Waals surface area contributed by atoms with E-state index in [0.717, 1.165) is 5.92 Å². The number of piperidine rings is 1. The van der Waals surface area contributed by atoms with Crippen molar-refractivity contribution in [1.82, 2.24) is 10.6 Å². The molecule has 1 saturated heterocycles. The van der Waals surface area contributed by atoms with Gasteiger partial charge in [-0.15, -0.1) is 0 Å². The molecule has 0 spiro atoms. The SMILES string of the molecule is CC(C)CCCNC1CC(C)(C)NC(C)(C)C1. The molecule has 0 bridgehead atoms. The van der Waals surface area contributed by atoms with Gasteiger partial charge in [-0.25, -0.2) is 0 Å². The summed E-state index contributed by atoms with van der Waals surface area (Å²) < 4.78 is 0. The number of hydrogen-bond donors (Lipinski definition) is 2. The summed E-state index contributed by atoms with van der Waals surface area (Å²) in [6, 6.07) is 0.674. The Morgan fingerprint density at radius 2 is 1.65 bits per heavy atom. The Bertz CT molecular complexity index is 215. The molecule has 1 fully saturated rings. The smallest absolute Gasteiger partial charge is 0.0144 e. The quantitative estimate of drug-likeness (QED) is 0.720. The molecule has 17 heavy (non-hydrogen) atoms. The number of rotatable bonds is 5. The summed E-state index contributed by atoms with van der Waals surface area (Å²) in [6.45, 7) is 15.0. The third-order valence-electron chi connectivity index (χ3n) is 3.58. The van der Waals surface area contributed by atoms with Crippen molar-refractivity contribution in [2.24, 2.45) is 5.92 Å². The Kier molecular flexibility index (Phi) is 5.03. The van der Waals surface area contributed by atoms with Crippen molar-refractivity contribution in [1.29, 1.82) is 0 Å². The Labute approximate surface area is 108 Å². The summed E-state index contributed by atoms with van der Waals surface area (Å²) >= 11 is 0. The van der Waals surface area contributed by atoms with E-state index in [-0.39, 0.29) is 11.1 Å². The maximum Gasteiger partial charge on any atom is 0.0144 e. The molecule has 0 amide bonds. The van der Waals surface area contributed by atoms with Gasteiger partial charge in [-0.05, 0) is 65.8 Å². The second-order valence-corrected chi connectivity index (χ2v) is 7.49. The van der Waals surface area contributed by atoms with Crippen LogP contribution >= 0.6 is 0 Å². The van der Waals surface area contributed by atoms with Crippen molar-refractivity contribution in [3.8, 4) is 0 Å². The normalized spacial score (nSPS) is 24.2. The van der Waals surface area contributed by atoms with Crippen LogP contribution in [0.4, 0.5) is 0 Å². The maximum atomic E-state index is 3.75. The van der Waals surface area contributed by atoms with Crippen LogP contribution in [0.3, 0.4) is 0 Å². The summed E-state index contributed by atoms with van der Waals surface area (Å²) in [6.07, 6.45) is 5.11. The van der Waals surface area contributed by atoms with E-state index in [1.165, 1.54) is 32.2 Å². The van der Waals surface area contributed by atoms with Gasteiger partial charge in [0, 0.05) is 17.1 Å². The molecule has 0 aromatic heterocycles. The van der Waals surface area contributed by atoms with E-state index < -0.39 is 0 Å². The van der Waals surface area contributed by atoms with Crippen LogP contribution in [0.1, 0.15) is 67.2 Å². The van der Waals surface area contributed by atoms with E-state index in [9.17, 15) is 0 Å². The maximum absolute atomic E-state index is 3.75. The minimum absolute atomic E-state index is 0.261. The van der Waals surface area contributed by atoms with Gasteiger partial charge >= 0.3 is 0 Å². The van der Waals surface area contributed by atoms with Gasteiger partial charge in [0.2, 0.25) is 0 Å². The van der Waals surface area contributed by atoms with Gasteiger partial charge in [0.25, 0.3) is 0 Å². The molecule has 2 heteroatoms. The second kappa shape index (κ2) is 5.71. The molecule has 2 N–H and O–H groups in total. The third-order valence-corrected chi connectivity index (χ3v) is 3.58. The van der Waals surface area contributed by atoms with Crippen LogP contribution in [-0.2, 0) is 0 Å². The van der Waals surface area contributed by atoms with Crippen LogP contribution in [0.15, 0.2) is 0 Å². The van der Waals surface area contributed by atoms with Crippen LogP contribution < -0.4 is 10.6 Å². The summed E-state index contributed by atoms with van der Waals surface area (Å²) in [5, 5.41) is 7.48. The lowest BCUT2D eigenvalue weighted by atomic mass is 9.79. The Balaban J connectivity index is 2.33. The zero-order valence-electron chi connectivity index (χ0n) is 12.7. The fourth-order valence-corrected chi connectivity index (χ4v) is 3.28. The molecule has 0 unspecified atom stereocenters. The molecule has 0 saturated carbocycles. The van der Waals surface area contributed by atoms with Crippen molar-refractivity contribution in [3.05, 3.63) is 0 Å². The molecule has 2 nitrogen and oxygen atoms in total. The third kappa shape index (κ3) is 5.87. The Morgan fingerprint density at radius 3 is 2.12 bits per heavy atom. The van der Waals surface area contributed by atoms with E-state index >= 15 is 0 Å². The first-order chi connectivity index (χ1) is 7.70. The molecule has 1 aliphatic heterocycles. The van der Waals surface area contributed by atoms with Crippen molar-refractivity contribution in [3.63, 3.8) is 0 Å². The van der Waals surface area contributed by atoms with Crippen molar-refractivity contribution < 1.29 is 0 Å². The van der Waals surface area contributed by atoms with Gasteiger partial charge in [0.15, 0.2) is 0 Å². The van der Waals surface area contributed by atoms with E-state index in [1.807, 2.05) is 0 Å². The standard InChI is InChI=1S/C15H32N2/c1-12(2)8-7-9-16-13-10-14(3,4)17-15(5,6)11-13/h12-13,16-17H,7-11H2,1-6H3. The Morgan fingerprint density at radius 1 is 1.12 bits per heavy atom. The Hall–Kier alpha value is -0.0800. The summed E-state index contributed by atoms with van der Waals surface area (Å²) in [5.41, 5.74) is 0.523. The zero-order chi connectivity index (χ0) is 13.1. The number of hydrogen-bond acceptors (Lipinski definition) is 2. The minimum Gasteiger partial charge on any atom is -0.314 e. The van der Waals surface area contributed by atoms with Gasteiger partial charge in [-0.1, -0.05) is 13.8 Å². The first kappa shape index (κ1) is 15.0. The van der Waals surface area contributed by atoms with E-state index in [2.05, 4.69) is 52.2 Å². The predicted octanol–water partition coefficient (Wildman–Crippen LogP) is 3.32. The summed E-state index contributed by atoms with van der Waals surface area (Å²) in [7, 11) is 0. The van der Waals surface area contributed by atoms with Gasteiger partial charge in [0.05, 0.1) is 0 Å². The highest BCUT2D eigenvalue weighted by molar-refractivity contribution is 4.99. The van der Waals surface area contributed by atoms with Gasteiger partial charge in [-0.3, -0.25) is 0 Å². The first-order valence-corrected chi connectivity index (χ1v) is 7.23. The predicted molar refractivity (Wildman–Crippen MR) is 76.4 cm³/mol. The fraction of sp³-hybridized carbons (Fsp3) is 1.00. The highest BCUT2D eigenvalue weighted by Crippen LogP contribution is 2.28. The molecule has 102 valence electrons. The highest BCUT2D eigenvalue weighted by atomic mass is 15.1. The van der Waals surface area contributed by atoms with Gasteiger partial charge in [0.1, 0.15) is 0 Å². The molecule has 0 radical (unpaired) electrons. The molecule has 0 aliphatic carbocycles. The minimum atomic E-state index is 0.261. The second-order valence-electron chi connectivity index (χ2n) is 7.49. The molecular weight excluding hydrogens is 208 g/mol. The lowest BCUT2D eigenvalue weighted by Gasteiger charge is -2.46. The van der Waals surface area contributed by atoms with Crippen molar-refractivity contribution in [2.75, 3.05) is 6.54 Å². The van der Waals surface area contributed by atoms with E-state index in [0.29, 0.717) is 6.04 Å². The molecule has 0 aromatic rings. The summed E-state index contributed by atoms with van der Waals surface area (Å²) in [4.78, 5) is 0. The molecule has 1 aliphatic rings. The van der Waals surface area contributed by atoms with E-state index in [1.54, 1.807) is 0 Å². The van der Waals surface area contributed by atoms with Crippen LogP contribution in [0.2, 0.25) is 0 Å². The molecule has 0 atom stereocenters.